The van der Waals surface area contributed by atoms with E-state index in [0.717, 1.165) is 39.1 Å². The number of nitrogens with zero attached hydrogens (tertiary/aromatic N) is 1. The van der Waals surface area contributed by atoms with Gasteiger partial charge in [0.2, 0.25) is 0 Å². The number of nitrogens with one attached hydrogen (secondary N) is 1. The van der Waals surface area contributed by atoms with Gasteiger partial charge in [0.1, 0.15) is 0 Å². The van der Waals surface area contributed by atoms with Gasteiger partial charge in [0.15, 0.2) is 0 Å². The SMILES string of the molecule is CS(=O)C(C)(C)CC(C)(C)CN1CCNCC1. The van der Waals surface area contributed by atoms with Crippen molar-refractivity contribution in [3.8, 4) is 0 Å². The summed E-state index contributed by atoms with van der Waals surface area (Å²) in [5.74, 6) is 0. The maximum Gasteiger partial charge on any atom is 0.0405 e. The topological polar surface area (TPSA) is 32.3 Å². The van der Waals surface area contributed by atoms with Crippen LogP contribution in [0.3, 0.4) is 0 Å². The molecule has 3 nitrogen and oxygen atoms in total. The molecule has 0 radical (unpaired) electrons. The molecule has 0 aromatic carbocycles. The van der Waals surface area contributed by atoms with Gasteiger partial charge in [0.25, 0.3) is 0 Å². The number of rotatable bonds is 5. The van der Waals surface area contributed by atoms with Gasteiger partial charge in [-0.3, -0.25) is 4.21 Å². The quantitative estimate of drug-likeness (QED) is 0.812. The van der Waals surface area contributed by atoms with E-state index in [0.29, 0.717) is 0 Å². The van der Waals surface area contributed by atoms with Gasteiger partial charge in [-0.15, -0.1) is 0 Å². The maximum absolute atomic E-state index is 11.7. The van der Waals surface area contributed by atoms with Crippen LogP contribution in [-0.4, -0.2) is 52.8 Å². The van der Waals surface area contributed by atoms with Crippen LogP contribution in [0.5, 0.6) is 0 Å². The van der Waals surface area contributed by atoms with Crippen molar-refractivity contribution in [2.45, 2.75) is 38.9 Å². The molecular weight excluding hydrogens is 232 g/mol. The predicted molar refractivity (Wildman–Crippen MR) is 75.9 cm³/mol. The Labute approximate surface area is 109 Å². The average Bonchev–Trinajstić information content (AvgIpc) is 2.16. The molecule has 1 aliphatic rings. The number of piperazine rings is 1. The highest BCUT2D eigenvalue weighted by Crippen LogP contribution is 2.32. The summed E-state index contributed by atoms with van der Waals surface area (Å²) >= 11 is 0. The summed E-state index contributed by atoms with van der Waals surface area (Å²) in [5, 5.41) is 3.38. The minimum absolute atomic E-state index is 0.0858. The third kappa shape index (κ3) is 5.06. The Morgan fingerprint density at radius 1 is 1.18 bits per heavy atom. The van der Waals surface area contributed by atoms with Crippen molar-refractivity contribution in [2.75, 3.05) is 39.0 Å². The van der Waals surface area contributed by atoms with Crippen LogP contribution >= 0.6 is 0 Å². The van der Waals surface area contributed by atoms with Crippen molar-refractivity contribution >= 4 is 10.8 Å². The Hall–Kier alpha value is 0.0700. The van der Waals surface area contributed by atoms with Gasteiger partial charge in [0, 0.05) is 54.5 Å². The van der Waals surface area contributed by atoms with Crippen LogP contribution in [0.1, 0.15) is 34.1 Å². The van der Waals surface area contributed by atoms with E-state index in [-0.39, 0.29) is 10.2 Å². The van der Waals surface area contributed by atoms with Gasteiger partial charge < -0.3 is 10.2 Å². The summed E-state index contributed by atoms with van der Waals surface area (Å²) < 4.78 is 11.6. The van der Waals surface area contributed by atoms with E-state index in [1.165, 1.54) is 0 Å². The fourth-order valence-electron chi connectivity index (χ4n) is 2.78. The average molecular weight is 260 g/mol. The molecule has 0 saturated carbocycles. The molecule has 1 rings (SSSR count). The first-order valence-electron chi connectivity index (χ1n) is 6.50. The van der Waals surface area contributed by atoms with Crippen molar-refractivity contribution in [3.63, 3.8) is 0 Å². The molecule has 17 heavy (non-hydrogen) atoms. The lowest BCUT2D eigenvalue weighted by molar-refractivity contribution is 0.146. The van der Waals surface area contributed by atoms with E-state index < -0.39 is 10.8 Å². The van der Waals surface area contributed by atoms with Crippen molar-refractivity contribution < 1.29 is 4.21 Å². The first kappa shape index (κ1) is 15.1. The van der Waals surface area contributed by atoms with E-state index in [1.54, 1.807) is 0 Å². The van der Waals surface area contributed by atoms with Gasteiger partial charge >= 0.3 is 0 Å². The smallest absolute Gasteiger partial charge is 0.0405 e. The number of hydrogen-bond acceptors (Lipinski definition) is 3. The lowest BCUT2D eigenvalue weighted by Gasteiger charge is -2.39. The fourth-order valence-corrected chi connectivity index (χ4v) is 3.38. The Balaban J connectivity index is 2.52. The van der Waals surface area contributed by atoms with Crippen LogP contribution in [0.25, 0.3) is 0 Å². The van der Waals surface area contributed by atoms with E-state index >= 15 is 0 Å². The van der Waals surface area contributed by atoms with Crippen LogP contribution in [0, 0.1) is 5.41 Å². The Morgan fingerprint density at radius 2 is 1.71 bits per heavy atom. The molecule has 0 aromatic rings. The lowest BCUT2D eigenvalue weighted by Crippen LogP contribution is -2.48. The predicted octanol–water partition coefficient (Wildman–Crippen LogP) is 1.47. The zero-order valence-corrected chi connectivity index (χ0v) is 12.8. The highest BCUT2D eigenvalue weighted by molar-refractivity contribution is 7.85. The summed E-state index contributed by atoms with van der Waals surface area (Å²) in [7, 11) is -0.760. The largest absolute Gasteiger partial charge is 0.314 e. The molecule has 4 heteroatoms. The third-order valence-corrected chi connectivity index (χ3v) is 5.24. The van der Waals surface area contributed by atoms with Crippen LogP contribution in [0.15, 0.2) is 0 Å². The van der Waals surface area contributed by atoms with Crippen LogP contribution in [-0.2, 0) is 10.8 Å². The zero-order valence-electron chi connectivity index (χ0n) is 12.0. The summed E-state index contributed by atoms with van der Waals surface area (Å²) in [4.78, 5) is 2.52. The molecule has 1 N–H and O–H groups in total. The van der Waals surface area contributed by atoms with Crippen LogP contribution < -0.4 is 5.32 Å². The molecule has 0 bridgehead atoms. The standard InChI is InChI=1S/C13H28N2OS/c1-12(2,10-13(3,4)17(5)16)11-15-8-6-14-7-9-15/h14H,6-11H2,1-5H3. The summed E-state index contributed by atoms with van der Waals surface area (Å²) in [6.07, 6.45) is 2.83. The van der Waals surface area contributed by atoms with Crippen molar-refractivity contribution in [1.82, 2.24) is 10.2 Å². The second-order valence-corrected chi connectivity index (χ2v) is 8.59. The molecule has 0 aliphatic carbocycles. The molecule has 1 fully saturated rings. The van der Waals surface area contributed by atoms with E-state index in [1.807, 2.05) is 6.26 Å². The minimum Gasteiger partial charge on any atom is -0.314 e. The maximum atomic E-state index is 11.7. The molecule has 0 spiro atoms. The van der Waals surface area contributed by atoms with Gasteiger partial charge in [-0.05, 0) is 25.7 Å². The highest BCUT2D eigenvalue weighted by Gasteiger charge is 2.33. The summed E-state index contributed by atoms with van der Waals surface area (Å²) in [6.45, 7) is 14.4. The van der Waals surface area contributed by atoms with E-state index in [2.05, 4.69) is 37.9 Å². The molecule has 1 heterocycles. The molecule has 0 amide bonds. The van der Waals surface area contributed by atoms with Crippen molar-refractivity contribution in [3.05, 3.63) is 0 Å². The van der Waals surface area contributed by atoms with Gasteiger partial charge in [0.05, 0.1) is 0 Å². The first-order chi connectivity index (χ1) is 7.73. The second-order valence-electron chi connectivity index (χ2n) is 6.58. The Bertz CT molecular complexity index is 271. The van der Waals surface area contributed by atoms with Crippen LogP contribution in [0.4, 0.5) is 0 Å². The molecule has 102 valence electrons. The minimum atomic E-state index is -0.760. The highest BCUT2D eigenvalue weighted by atomic mass is 32.2. The van der Waals surface area contributed by atoms with Gasteiger partial charge in [-0.2, -0.15) is 0 Å². The Kier molecular flexibility index (Phi) is 5.17. The van der Waals surface area contributed by atoms with Crippen molar-refractivity contribution in [1.29, 1.82) is 0 Å². The second kappa shape index (κ2) is 5.81. The van der Waals surface area contributed by atoms with E-state index in [9.17, 15) is 4.21 Å². The monoisotopic (exact) mass is 260 g/mol. The molecular formula is C13H28N2OS. The van der Waals surface area contributed by atoms with Crippen LogP contribution in [0.2, 0.25) is 0 Å². The first-order valence-corrected chi connectivity index (χ1v) is 8.05. The molecule has 1 atom stereocenters. The molecule has 1 unspecified atom stereocenters. The molecule has 1 saturated heterocycles. The lowest BCUT2D eigenvalue weighted by atomic mass is 9.83. The molecule has 0 aromatic heterocycles. The van der Waals surface area contributed by atoms with Crippen molar-refractivity contribution in [2.24, 2.45) is 5.41 Å². The normalized spacial score (nSPS) is 21.5. The van der Waals surface area contributed by atoms with E-state index in [4.69, 9.17) is 0 Å². The third-order valence-electron chi connectivity index (χ3n) is 3.54. The summed E-state index contributed by atoms with van der Waals surface area (Å²) in [5.41, 5.74) is 0.229. The number of hydrogen-bond donors (Lipinski definition) is 1. The van der Waals surface area contributed by atoms with Gasteiger partial charge in [-0.25, -0.2) is 0 Å². The van der Waals surface area contributed by atoms with Gasteiger partial charge in [-0.1, -0.05) is 13.8 Å². The Morgan fingerprint density at radius 3 is 2.18 bits per heavy atom. The summed E-state index contributed by atoms with van der Waals surface area (Å²) in [6, 6.07) is 0. The molecule has 1 aliphatic heterocycles. The fraction of sp³-hybridized carbons (Fsp3) is 1.00. The zero-order chi connectivity index (χ0) is 13.1.